The van der Waals surface area contributed by atoms with Crippen LogP contribution in [0.1, 0.15) is 48.6 Å². The van der Waals surface area contributed by atoms with Gasteiger partial charge in [-0.1, -0.05) is 13.8 Å². The van der Waals surface area contributed by atoms with Gasteiger partial charge in [0.1, 0.15) is 10.7 Å². The van der Waals surface area contributed by atoms with Crippen molar-refractivity contribution in [1.29, 1.82) is 0 Å². The van der Waals surface area contributed by atoms with Crippen molar-refractivity contribution < 1.29 is 4.79 Å². The maximum atomic E-state index is 12.4. The molecule has 1 fully saturated rings. The summed E-state index contributed by atoms with van der Waals surface area (Å²) in [7, 11) is 0. The number of carbonyl (C=O) groups is 1. The van der Waals surface area contributed by atoms with Crippen LogP contribution in [0.15, 0.2) is 5.38 Å². The first kappa shape index (κ1) is 16.4. The molecule has 0 aliphatic heterocycles. The Morgan fingerprint density at radius 2 is 2.26 bits per heavy atom. The number of thiazole rings is 1. The molecule has 19 heavy (non-hydrogen) atoms. The summed E-state index contributed by atoms with van der Waals surface area (Å²) in [5, 5.41) is 2.66. The van der Waals surface area contributed by atoms with Gasteiger partial charge < -0.3 is 10.6 Å². The van der Waals surface area contributed by atoms with Crippen molar-refractivity contribution in [3.8, 4) is 0 Å². The topological polar surface area (TPSA) is 59.2 Å². The molecule has 108 valence electrons. The van der Waals surface area contributed by atoms with E-state index in [-0.39, 0.29) is 18.3 Å². The Labute approximate surface area is 124 Å². The van der Waals surface area contributed by atoms with E-state index in [2.05, 4.69) is 18.8 Å². The summed E-state index contributed by atoms with van der Waals surface area (Å²) in [6, 6.07) is 0.444. The van der Waals surface area contributed by atoms with Gasteiger partial charge in [-0.2, -0.15) is 0 Å². The van der Waals surface area contributed by atoms with E-state index < -0.39 is 0 Å². The second-order valence-corrected chi connectivity index (χ2v) is 6.19. The molecule has 1 heterocycles. The van der Waals surface area contributed by atoms with Gasteiger partial charge in [-0.15, -0.1) is 23.7 Å². The summed E-state index contributed by atoms with van der Waals surface area (Å²) < 4.78 is 0. The lowest BCUT2D eigenvalue weighted by Crippen LogP contribution is -2.34. The standard InChI is InChI=1S/C13H21N3OS.ClH/c1-9(2)5-6-16(10-3-4-10)13(17)11-8-18-12(7-14)15-11;/h8-10H,3-7,14H2,1-2H3;1H. The van der Waals surface area contributed by atoms with Gasteiger partial charge in [-0.05, 0) is 25.2 Å². The van der Waals surface area contributed by atoms with Crippen molar-refractivity contribution in [2.75, 3.05) is 6.54 Å². The number of aromatic nitrogens is 1. The number of amides is 1. The predicted molar refractivity (Wildman–Crippen MR) is 80.8 cm³/mol. The highest BCUT2D eigenvalue weighted by Crippen LogP contribution is 2.29. The molecule has 1 aliphatic carbocycles. The maximum absolute atomic E-state index is 12.4. The van der Waals surface area contributed by atoms with Gasteiger partial charge in [0, 0.05) is 24.5 Å². The summed E-state index contributed by atoms with van der Waals surface area (Å²) in [5.41, 5.74) is 6.10. The molecule has 0 saturated heterocycles. The molecule has 1 saturated carbocycles. The summed E-state index contributed by atoms with van der Waals surface area (Å²) >= 11 is 1.47. The van der Waals surface area contributed by atoms with Crippen molar-refractivity contribution in [1.82, 2.24) is 9.88 Å². The van der Waals surface area contributed by atoms with Crippen LogP contribution in [-0.2, 0) is 6.54 Å². The zero-order valence-electron chi connectivity index (χ0n) is 11.5. The predicted octanol–water partition coefficient (Wildman–Crippen LogP) is 2.67. The number of nitrogens with zero attached hydrogens (tertiary/aromatic N) is 2. The fraction of sp³-hybridized carbons (Fsp3) is 0.692. The van der Waals surface area contributed by atoms with Gasteiger partial charge >= 0.3 is 0 Å². The molecule has 1 aromatic rings. The first-order chi connectivity index (χ1) is 8.61. The normalized spacial score (nSPS) is 14.3. The molecule has 0 spiro atoms. The summed E-state index contributed by atoms with van der Waals surface area (Å²) in [4.78, 5) is 18.7. The van der Waals surface area contributed by atoms with Gasteiger partial charge in [-0.3, -0.25) is 4.79 Å². The molecule has 1 aromatic heterocycles. The van der Waals surface area contributed by atoms with Gasteiger partial charge in [0.25, 0.3) is 5.91 Å². The van der Waals surface area contributed by atoms with E-state index in [1.807, 2.05) is 10.3 Å². The zero-order chi connectivity index (χ0) is 13.1. The smallest absolute Gasteiger partial charge is 0.273 e. The molecule has 6 heteroatoms. The average molecular weight is 304 g/mol. The van der Waals surface area contributed by atoms with Crippen molar-refractivity contribution in [3.05, 3.63) is 16.1 Å². The van der Waals surface area contributed by atoms with Crippen molar-refractivity contribution in [3.63, 3.8) is 0 Å². The number of carbonyl (C=O) groups excluding carboxylic acids is 1. The van der Waals surface area contributed by atoms with Crippen molar-refractivity contribution in [2.24, 2.45) is 11.7 Å². The molecular weight excluding hydrogens is 282 g/mol. The minimum atomic E-state index is 0. The van der Waals surface area contributed by atoms with Crippen LogP contribution in [0.2, 0.25) is 0 Å². The monoisotopic (exact) mass is 303 g/mol. The lowest BCUT2D eigenvalue weighted by atomic mass is 10.1. The van der Waals surface area contributed by atoms with Crippen LogP contribution in [0.5, 0.6) is 0 Å². The largest absolute Gasteiger partial charge is 0.334 e. The third-order valence-corrected chi connectivity index (χ3v) is 4.01. The Morgan fingerprint density at radius 3 is 2.74 bits per heavy atom. The molecule has 0 atom stereocenters. The summed E-state index contributed by atoms with van der Waals surface area (Å²) in [5.74, 6) is 0.697. The Bertz CT molecular complexity index is 418. The lowest BCUT2D eigenvalue weighted by Gasteiger charge is -2.22. The second-order valence-electron chi connectivity index (χ2n) is 5.24. The molecule has 1 aliphatic rings. The van der Waals surface area contributed by atoms with E-state index in [9.17, 15) is 4.79 Å². The number of nitrogens with two attached hydrogens (primary N) is 1. The van der Waals surface area contributed by atoms with Crippen LogP contribution in [0.25, 0.3) is 0 Å². The molecule has 0 aromatic carbocycles. The fourth-order valence-electron chi connectivity index (χ4n) is 1.88. The highest BCUT2D eigenvalue weighted by atomic mass is 35.5. The van der Waals surface area contributed by atoms with Crippen LogP contribution in [0.4, 0.5) is 0 Å². The summed E-state index contributed by atoms with van der Waals surface area (Å²) in [6.07, 6.45) is 3.32. The molecular formula is C13H22ClN3OS. The Hall–Kier alpha value is -0.650. The van der Waals surface area contributed by atoms with Crippen molar-refractivity contribution >= 4 is 29.7 Å². The van der Waals surface area contributed by atoms with Crippen LogP contribution < -0.4 is 5.73 Å². The summed E-state index contributed by atoms with van der Waals surface area (Å²) in [6.45, 7) is 5.62. The third-order valence-electron chi connectivity index (χ3n) is 3.14. The first-order valence-corrected chi connectivity index (χ1v) is 7.45. The molecule has 0 radical (unpaired) electrons. The highest BCUT2D eigenvalue weighted by Gasteiger charge is 2.33. The molecule has 2 N–H and O–H groups in total. The van der Waals surface area contributed by atoms with E-state index >= 15 is 0 Å². The molecule has 1 amide bonds. The third kappa shape index (κ3) is 4.44. The van der Waals surface area contributed by atoms with E-state index in [1.54, 1.807) is 0 Å². The van der Waals surface area contributed by atoms with E-state index in [1.165, 1.54) is 11.3 Å². The molecule has 4 nitrogen and oxygen atoms in total. The quantitative estimate of drug-likeness (QED) is 0.879. The Morgan fingerprint density at radius 1 is 1.58 bits per heavy atom. The van der Waals surface area contributed by atoms with Gasteiger partial charge in [0.15, 0.2) is 0 Å². The lowest BCUT2D eigenvalue weighted by molar-refractivity contribution is 0.0730. The minimum absolute atomic E-state index is 0. The van der Waals surface area contributed by atoms with Crippen LogP contribution >= 0.6 is 23.7 Å². The molecule has 2 rings (SSSR count). The number of rotatable bonds is 6. The van der Waals surface area contributed by atoms with Crippen LogP contribution in [0, 0.1) is 5.92 Å². The fourth-order valence-corrected chi connectivity index (χ4v) is 2.53. The first-order valence-electron chi connectivity index (χ1n) is 6.57. The zero-order valence-corrected chi connectivity index (χ0v) is 13.1. The van der Waals surface area contributed by atoms with E-state index in [0.717, 1.165) is 30.8 Å². The van der Waals surface area contributed by atoms with Crippen molar-refractivity contribution in [2.45, 2.75) is 45.7 Å². The Kier molecular flexibility index (Phi) is 6.23. The van der Waals surface area contributed by atoms with E-state index in [0.29, 0.717) is 24.2 Å². The Balaban J connectivity index is 0.00000180. The highest BCUT2D eigenvalue weighted by molar-refractivity contribution is 7.09. The molecule has 0 unspecified atom stereocenters. The van der Waals surface area contributed by atoms with Gasteiger partial charge in [0.2, 0.25) is 0 Å². The second kappa shape index (κ2) is 7.22. The van der Waals surface area contributed by atoms with Crippen LogP contribution in [-0.4, -0.2) is 28.4 Å². The molecule has 0 bridgehead atoms. The SMILES string of the molecule is CC(C)CCN(C(=O)c1csc(CN)n1)C1CC1.Cl. The minimum Gasteiger partial charge on any atom is -0.334 e. The van der Waals surface area contributed by atoms with E-state index in [4.69, 9.17) is 5.73 Å². The number of halogens is 1. The average Bonchev–Trinajstić information content (AvgIpc) is 3.06. The number of hydrogen-bond donors (Lipinski definition) is 1. The maximum Gasteiger partial charge on any atom is 0.273 e. The number of hydrogen-bond acceptors (Lipinski definition) is 4. The van der Waals surface area contributed by atoms with Gasteiger partial charge in [-0.25, -0.2) is 4.98 Å². The van der Waals surface area contributed by atoms with Crippen LogP contribution in [0.3, 0.4) is 0 Å². The van der Waals surface area contributed by atoms with Gasteiger partial charge in [0.05, 0.1) is 0 Å².